The van der Waals surface area contributed by atoms with Gasteiger partial charge in [-0.05, 0) is 5.41 Å². The third kappa shape index (κ3) is 5.53. The number of thioether (sulfide) groups is 1. The molecule has 2 heterocycles. The number of rotatable bonds is 6. The van der Waals surface area contributed by atoms with Crippen molar-refractivity contribution < 1.29 is 9.59 Å². The molecule has 128 valence electrons. The summed E-state index contributed by atoms with van der Waals surface area (Å²) in [5.41, 5.74) is 0.0625. The lowest BCUT2D eigenvalue weighted by Gasteiger charge is -2.26. The van der Waals surface area contributed by atoms with E-state index in [-0.39, 0.29) is 29.0 Å². The van der Waals surface area contributed by atoms with Crippen molar-refractivity contribution in [2.24, 2.45) is 5.41 Å². The highest BCUT2D eigenvalue weighted by molar-refractivity contribution is 7.99. The zero-order valence-corrected chi connectivity index (χ0v) is 15.0. The first-order chi connectivity index (χ1) is 10.8. The van der Waals surface area contributed by atoms with E-state index in [1.807, 2.05) is 11.8 Å². The van der Waals surface area contributed by atoms with Crippen molar-refractivity contribution in [3.8, 4) is 0 Å². The van der Waals surface area contributed by atoms with E-state index in [0.717, 1.165) is 12.2 Å². The zero-order chi connectivity index (χ0) is 17.0. The monoisotopic (exact) mass is 339 g/mol. The second-order valence-corrected chi connectivity index (χ2v) is 7.95. The summed E-state index contributed by atoms with van der Waals surface area (Å²) in [6.07, 6.45) is 1.17. The molecular formula is C15H25N5O2S. The topological polar surface area (TPSA) is 91.0 Å². The van der Waals surface area contributed by atoms with Crippen molar-refractivity contribution in [2.45, 2.75) is 51.7 Å². The molecule has 2 rings (SSSR count). The van der Waals surface area contributed by atoms with E-state index >= 15 is 0 Å². The molecule has 2 amide bonds. The number of aryl methyl sites for hydroxylation is 1. The van der Waals surface area contributed by atoms with Crippen molar-refractivity contribution in [1.82, 2.24) is 25.4 Å². The number of nitrogens with one attached hydrogen (secondary N) is 2. The number of carbonyl (C=O) groups excluding carboxylic acids is 2. The Balaban J connectivity index is 1.76. The summed E-state index contributed by atoms with van der Waals surface area (Å²) in [6, 6.07) is -0.101. The van der Waals surface area contributed by atoms with E-state index in [9.17, 15) is 9.59 Å². The minimum absolute atomic E-state index is 0.0625. The fourth-order valence-corrected chi connectivity index (χ4v) is 3.12. The molecule has 0 spiro atoms. The fourth-order valence-electron chi connectivity index (χ4n) is 2.49. The predicted octanol–water partition coefficient (Wildman–Crippen LogP) is 1.22. The lowest BCUT2D eigenvalue weighted by molar-refractivity contribution is -0.128. The SMILES string of the molecule is CCc1nc(SCC(=O)N[C@@H]2CC(=O)N(CC(C)(C)C)C2)n[nH]1. The Kier molecular flexibility index (Phi) is 5.67. The van der Waals surface area contributed by atoms with E-state index in [1.54, 1.807) is 0 Å². The van der Waals surface area contributed by atoms with Gasteiger partial charge in [-0.25, -0.2) is 4.98 Å². The number of aromatic nitrogens is 3. The number of hydrogen-bond acceptors (Lipinski definition) is 5. The molecule has 8 heteroatoms. The summed E-state index contributed by atoms with van der Waals surface area (Å²) in [5, 5.41) is 10.4. The Morgan fingerprint density at radius 3 is 2.83 bits per heavy atom. The maximum absolute atomic E-state index is 12.0. The van der Waals surface area contributed by atoms with Crippen LogP contribution in [0.3, 0.4) is 0 Å². The Labute approximate surface area is 141 Å². The van der Waals surface area contributed by atoms with Crippen molar-refractivity contribution in [3.05, 3.63) is 5.82 Å². The summed E-state index contributed by atoms with van der Waals surface area (Å²) < 4.78 is 0. The quantitative estimate of drug-likeness (QED) is 0.761. The third-order valence-corrected chi connectivity index (χ3v) is 4.27. The summed E-state index contributed by atoms with van der Waals surface area (Å²) in [4.78, 5) is 30.1. The maximum atomic E-state index is 12.0. The first-order valence-corrected chi connectivity index (χ1v) is 8.86. The van der Waals surface area contributed by atoms with Gasteiger partial charge in [0, 0.05) is 25.9 Å². The molecule has 1 fully saturated rings. The van der Waals surface area contributed by atoms with E-state index in [4.69, 9.17) is 0 Å². The smallest absolute Gasteiger partial charge is 0.230 e. The van der Waals surface area contributed by atoms with Crippen LogP contribution >= 0.6 is 11.8 Å². The molecule has 0 unspecified atom stereocenters. The molecule has 7 nitrogen and oxygen atoms in total. The predicted molar refractivity (Wildman–Crippen MR) is 89.1 cm³/mol. The Hall–Kier alpha value is -1.57. The Morgan fingerprint density at radius 2 is 2.22 bits per heavy atom. The number of H-pyrrole nitrogens is 1. The molecule has 2 N–H and O–H groups in total. The largest absolute Gasteiger partial charge is 0.350 e. The zero-order valence-electron chi connectivity index (χ0n) is 14.2. The van der Waals surface area contributed by atoms with Gasteiger partial charge in [0.1, 0.15) is 5.82 Å². The van der Waals surface area contributed by atoms with E-state index in [0.29, 0.717) is 24.7 Å². The number of aromatic amines is 1. The van der Waals surface area contributed by atoms with Crippen LogP contribution in [-0.4, -0.2) is 56.8 Å². The highest BCUT2D eigenvalue weighted by atomic mass is 32.2. The maximum Gasteiger partial charge on any atom is 0.230 e. The Bertz CT molecular complexity index is 566. The minimum Gasteiger partial charge on any atom is -0.350 e. The van der Waals surface area contributed by atoms with Gasteiger partial charge < -0.3 is 10.2 Å². The van der Waals surface area contributed by atoms with Crippen molar-refractivity contribution in [3.63, 3.8) is 0 Å². The van der Waals surface area contributed by atoms with Crippen molar-refractivity contribution >= 4 is 23.6 Å². The molecule has 0 radical (unpaired) electrons. The van der Waals surface area contributed by atoms with Gasteiger partial charge in [0.25, 0.3) is 0 Å². The molecule has 1 aromatic rings. The van der Waals surface area contributed by atoms with Crippen LogP contribution in [-0.2, 0) is 16.0 Å². The molecule has 1 aromatic heterocycles. The highest BCUT2D eigenvalue weighted by Gasteiger charge is 2.32. The summed E-state index contributed by atoms with van der Waals surface area (Å²) in [7, 11) is 0. The molecule has 1 aliphatic heterocycles. The summed E-state index contributed by atoms with van der Waals surface area (Å²) in [6.45, 7) is 9.60. The first-order valence-electron chi connectivity index (χ1n) is 7.88. The van der Waals surface area contributed by atoms with Crippen LogP contribution < -0.4 is 5.32 Å². The van der Waals surface area contributed by atoms with E-state index in [2.05, 4.69) is 41.3 Å². The van der Waals surface area contributed by atoms with Crippen LogP contribution in [0.25, 0.3) is 0 Å². The summed E-state index contributed by atoms with van der Waals surface area (Å²) in [5.74, 6) is 1.09. The van der Waals surface area contributed by atoms with Gasteiger partial charge in [0.05, 0.1) is 11.8 Å². The van der Waals surface area contributed by atoms with Crippen LogP contribution in [0, 0.1) is 5.41 Å². The fraction of sp³-hybridized carbons (Fsp3) is 0.733. The molecule has 1 saturated heterocycles. The number of hydrogen-bond donors (Lipinski definition) is 2. The Morgan fingerprint density at radius 1 is 1.48 bits per heavy atom. The molecular weight excluding hydrogens is 314 g/mol. The van der Waals surface area contributed by atoms with Crippen LogP contribution in [0.4, 0.5) is 0 Å². The van der Waals surface area contributed by atoms with Gasteiger partial charge in [0.2, 0.25) is 17.0 Å². The molecule has 0 aromatic carbocycles. The average molecular weight is 339 g/mol. The molecule has 0 aliphatic carbocycles. The highest BCUT2D eigenvalue weighted by Crippen LogP contribution is 2.20. The lowest BCUT2D eigenvalue weighted by Crippen LogP contribution is -2.39. The third-order valence-electron chi connectivity index (χ3n) is 3.42. The number of nitrogens with zero attached hydrogens (tertiary/aromatic N) is 3. The van der Waals surface area contributed by atoms with Crippen LogP contribution in [0.15, 0.2) is 5.16 Å². The van der Waals surface area contributed by atoms with E-state index in [1.165, 1.54) is 11.8 Å². The molecule has 1 atom stereocenters. The molecule has 0 saturated carbocycles. The number of amides is 2. The number of likely N-dealkylation sites (tertiary alicyclic amines) is 1. The van der Waals surface area contributed by atoms with Crippen LogP contribution in [0.2, 0.25) is 0 Å². The second-order valence-electron chi connectivity index (χ2n) is 7.01. The van der Waals surface area contributed by atoms with Gasteiger partial charge >= 0.3 is 0 Å². The first kappa shape index (κ1) is 17.8. The van der Waals surface area contributed by atoms with E-state index < -0.39 is 0 Å². The minimum atomic E-state index is -0.101. The average Bonchev–Trinajstić information content (AvgIpc) is 3.02. The van der Waals surface area contributed by atoms with Crippen molar-refractivity contribution in [1.29, 1.82) is 0 Å². The van der Waals surface area contributed by atoms with Crippen LogP contribution in [0.5, 0.6) is 0 Å². The van der Waals surface area contributed by atoms with Crippen LogP contribution in [0.1, 0.15) is 39.9 Å². The second kappa shape index (κ2) is 7.33. The molecule has 23 heavy (non-hydrogen) atoms. The lowest BCUT2D eigenvalue weighted by atomic mass is 9.96. The standard InChI is InChI=1S/C15H25N5O2S/c1-5-11-17-14(19-18-11)23-8-12(21)16-10-6-13(22)20(7-10)9-15(2,3)4/h10H,5-9H2,1-4H3,(H,16,21)(H,17,18,19)/t10-/m1/s1. The molecule has 0 bridgehead atoms. The van der Waals surface area contributed by atoms with Crippen molar-refractivity contribution in [2.75, 3.05) is 18.8 Å². The van der Waals surface area contributed by atoms with Gasteiger partial charge in [-0.2, -0.15) is 0 Å². The number of carbonyl (C=O) groups is 2. The van der Waals surface area contributed by atoms with Gasteiger partial charge in [-0.3, -0.25) is 14.7 Å². The summed E-state index contributed by atoms with van der Waals surface area (Å²) >= 11 is 1.30. The van der Waals surface area contributed by atoms with Gasteiger partial charge in [-0.1, -0.05) is 39.5 Å². The van der Waals surface area contributed by atoms with Gasteiger partial charge in [0.15, 0.2) is 0 Å². The van der Waals surface area contributed by atoms with Gasteiger partial charge in [-0.15, -0.1) is 5.10 Å². The normalized spacial score (nSPS) is 18.5. The molecule has 1 aliphatic rings.